The molecule has 0 aromatic heterocycles. The summed E-state index contributed by atoms with van der Waals surface area (Å²) in [5.41, 5.74) is 6.66. The first-order valence-electron chi connectivity index (χ1n) is 5.73. The zero-order valence-corrected chi connectivity index (χ0v) is 10.2. The summed E-state index contributed by atoms with van der Waals surface area (Å²) in [6.07, 6.45) is 0.378. The number of Topliss-reactive ketones (excluding diaryl/α,β-unsaturated/α-hetero) is 1. The molecule has 3 N–H and O–H groups in total. The van der Waals surface area contributed by atoms with Gasteiger partial charge < -0.3 is 11.1 Å². The van der Waals surface area contributed by atoms with E-state index in [1.54, 1.807) is 0 Å². The molecule has 4 nitrogen and oxygen atoms in total. The molecule has 0 spiro atoms. The molecule has 0 aliphatic rings. The lowest BCUT2D eigenvalue weighted by Crippen LogP contribution is -2.48. The van der Waals surface area contributed by atoms with Crippen LogP contribution in [0, 0.1) is 0 Å². The number of hydrogen-bond donors (Lipinski definition) is 2. The van der Waals surface area contributed by atoms with Crippen LogP contribution >= 0.6 is 0 Å². The second-order valence-corrected chi connectivity index (χ2v) is 4.13. The number of nitrogens with two attached hydrogens (primary N) is 1. The highest BCUT2D eigenvalue weighted by Crippen LogP contribution is 2.02. The van der Waals surface area contributed by atoms with Crippen molar-refractivity contribution in [2.24, 2.45) is 5.73 Å². The van der Waals surface area contributed by atoms with E-state index in [0.29, 0.717) is 6.42 Å². The van der Waals surface area contributed by atoms with Gasteiger partial charge in [-0.05, 0) is 18.9 Å². The fourth-order valence-electron chi connectivity index (χ4n) is 1.48. The predicted molar refractivity (Wildman–Crippen MR) is 66.7 cm³/mol. The van der Waals surface area contributed by atoms with Crippen LogP contribution in [0.25, 0.3) is 0 Å². The third-order valence-electron chi connectivity index (χ3n) is 2.61. The van der Waals surface area contributed by atoms with Crippen LogP contribution in [0.3, 0.4) is 0 Å². The van der Waals surface area contributed by atoms with Crippen LogP contribution in [0.2, 0.25) is 0 Å². The van der Waals surface area contributed by atoms with Crippen molar-refractivity contribution in [1.82, 2.24) is 5.32 Å². The van der Waals surface area contributed by atoms with Gasteiger partial charge in [0.05, 0.1) is 12.1 Å². The minimum atomic E-state index is -1.09. The van der Waals surface area contributed by atoms with Crippen molar-refractivity contribution in [2.75, 3.05) is 6.67 Å². The Kier molecular flexibility index (Phi) is 5.45. The molecule has 2 atom stereocenters. The molecule has 0 saturated carbocycles. The Bertz CT molecular complexity index is 409. The highest BCUT2D eigenvalue weighted by Gasteiger charge is 2.19. The number of alkyl halides is 1. The lowest BCUT2D eigenvalue weighted by atomic mass is 10.1. The number of halogens is 1. The summed E-state index contributed by atoms with van der Waals surface area (Å²) in [4.78, 5) is 22.7. The number of carbonyl (C=O) groups excluding carboxylic acids is 2. The largest absolute Gasteiger partial charge is 0.345 e. The first-order valence-corrected chi connectivity index (χ1v) is 5.73. The molecular weight excluding hydrogens is 235 g/mol. The van der Waals surface area contributed by atoms with Gasteiger partial charge >= 0.3 is 0 Å². The highest BCUT2D eigenvalue weighted by molar-refractivity contribution is 5.91. The molecule has 1 amide bonds. The number of nitrogens with one attached hydrogen (secondary N) is 1. The Hall–Kier alpha value is -1.75. The topological polar surface area (TPSA) is 72.2 Å². The van der Waals surface area contributed by atoms with E-state index in [1.807, 2.05) is 30.3 Å². The van der Waals surface area contributed by atoms with Crippen LogP contribution in [-0.2, 0) is 16.0 Å². The third kappa shape index (κ3) is 4.25. The van der Waals surface area contributed by atoms with Crippen LogP contribution < -0.4 is 11.1 Å². The van der Waals surface area contributed by atoms with Gasteiger partial charge in [0, 0.05) is 0 Å². The average Bonchev–Trinajstić information content (AvgIpc) is 2.38. The molecule has 0 saturated heterocycles. The van der Waals surface area contributed by atoms with E-state index in [1.165, 1.54) is 6.92 Å². The van der Waals surface area contributed by atoms with Crippen molar-refractivity contribution in [3.63, 3.8) is 0 Å². The molecule has 5 heteroatoms. The Morgan fingerprint density at radius 2 is 1.94 bits per heavy atom. The van der Waals surface area contributed by atoms with Crippen molar-refractivity contribution >= 4 is 11.7 Å². The van der Waals surface area contributed by atoms with Crippen LogP contribution in [0.15, 0.2) is 30.3 Å². The molecular formula is C13H17FN2O2. The van der Waals surface area contributed by atoms with Gasteiger partial charge in [-0.3, -0.25) is 9.59 Å². The Labute approximate surface area is 105 Å². The molecule has 0 fully saturated rings. The van der Waals surface area contributed by atoms with Gasteiger partial charge in [0.2, 0.25) is 5.91 Å². The van der Waals surface area contributed by atoms with Crippen molar-refractivity contribution in [3.05, 3.63) is 35.9 Å². The Morgan fingerprint density at radius 3 is 2.50 bits per heavy atom. The molecule has 1 aromatic rings. The predicted octanol–water partition coefficient (Wildman–Crippen LogP) is 0.600. The van der Waals surface area contributed by atoms with E-state index >= 15 is 0 Å². The zero-order chi connectivity index (χ0) is 13.5. The standard InChI is InChI=1S/C13H17FN2O2/c1-9(12(17)8-14)16-13(18)11(15)7-10-5-3-2-4-6-10/h2-6,9,11H,7-8,15H2,1H3,(H,16,18)/t9-,11+/m0/s1. The molecule has 18 heavy (non-hydrogen) atoms. The number of amides is 1. The van der Waals surface area contributed by atoms with Crippen molar-refractivity contribution in [2.45, 2.75) is 25.4 Å². The van der Waals surface area contributed by atoms with Gasteiger partial charge in [-0.1, -0.05) is 30.3 Å². The molecule has 0 aliphatic carbocycles. The fraction of sp³-hybridized carbons (Fsp3) is 0.385. The molecule has 0 aliphatic heterocycles. The maximum atomic E-state index is 12.1. The SMILES string of the molecule is C[C@H](NC(=O)[C@H](N)Cc1ccccc1)C(=O)CF. The molecule has 0 unspecified atom stereocenters. The quantitative estimate of drug-likeness (QED) is 0.778. The first-order chi connectivity index (χ1) is 8.54. The highest BCUT2D eigenvalue weighted by atomic mass is 19.1. The van der Waals surface area contributed by atoms with Gasteiger partial charge in [-0.25, -0.2) is 4.39 Å². The summed E-state index contributed by atoms with van der Waals surface area (Å²) in [7, 11) is 0. The monoisotopic (exact) mass is 252 g/mol. The maximum Gasteiger partial charge on any atom is 0.237 e. The number of hydrogen-bond acceptors (Lipinski definition) is 3. The Balaban J connectivity index is 2.49. The fourth-order valence-corrected chi connectivity index (χ4v) is 1.48. The molecule has 0 bridgehead atoms. The van der Waals surface area contributed by atoms with Crippen molar-refractivity contribution in [1.29, 1.82) is 0 Å². The lowest BCUT2D eigenvalue weighted by Gasteiger charge is -2.15. The van der Waals surface area contributed by atoms with Crippen LogP contribution in [0.5, 0.6) is 0 Å². The second kappa shape index (κ2) is 6.86. The molecule has 0 radical (unpaired) electrons. The molecule has 1 rings (SSSR count). The van der Waals surface area contributed by atoms with Gasteiger partial charge in [0.1, 0.15) is 6.67 Å². The van der Waals surface area contributed by atoms with Crippen LogP contribution in [0.1, 0.15) is 12.5 Å². The molecule has 1 aromatic carbocycles. The minimum Gasteiger partial charge on any atom is -0.345 e. The minimum absolute atomic E-state index is 0.378. The Morgan fingerprint density at radius 1 is 1.33 bits per heavy atom. The number of carbonyl (C=O) groups is 2. The molecule has 0 heterocycles. The van der Waals surface area contributed by atoms with E-state index < -0.39 is 30.4 Å². The number of benzene rings is 1. The van der Waals surface area contributed by atoms with Crippen LogP contribution in [0.4, 0.5) is 4.39 Å². The lowest BCUT2D eigenvalue weighted by molar-refractivity contribution is -0.128. The van der Waals surface area contributed by atoms with Gasteiger partial charge in [-0.15, -0.1) is 0 Å². The van der Waals surface area contributed by atoms with Gasteiger partial charge in [-0.2, -0.15) is 0 Å². The van der Waals surface area contributed by atoms with E-state index in [-0.39, 0.29) is 0 Å². The number of ketones is 1. The number of rotatable bonds is 6. The van der Waals surface area contributed by atoms with E-state index in [9.17, 15) is 14.0 Å². The molecule has 98 valence electrons. The second-order valence-electron chi connectivity index (χ2n) is 4.13. The summed E-state index contributed by atoms with van der Waals surface area (Å²) >= 11 is 0. The average molecular weight is 252 g/mol. The maximum absolute atomic E-state index is 12.1. The smallest absolute Gasteiger partial charge is 0.237 e. The van der Waals surface area contributed by atoms with E-state index in [4.69, 9.17) is 5.73 Å². The normalized spacial score (nSPS) is 13.7. The first kappa shape index (κ1) is 14.3. The van der Waals surface area contributed by atoms with Crippen molar-refractivity contribution in [3.8, 4) is 0 Å². The third-order valence-corrected chi connectivity index (χ3v) is 2.61. The van der Waals surface area contributed by atoms with Gasteiger partial charge in [0.25, 0.3) is 0 Å². The van der Waals surface area contributed by atoms with E-state index in [2.05, 4.69) is 5.32 Å². The summed E-state index contributed by atoms with van der Waals surface area (Å²) in [5.74, 6) is -1.11. The summed E-state index contributed by atoms with van der Waals surface area (Å²) in [6, 6.07) is 7.72. The van der Waals surface area contributed by atoms with E-state index in [0.717, 1.165) is 5.56 Å². The van der Waals surface area contributed by atoms with Gasteiger partial charge in [0.15, 0.2) is 5.78 Å². The van der Waals surface area contributed by atoms with Crippen molar-refractivity contribution < 1.29 is 14.0 Å². The summed E-state index contributed by atoms with van der Waals surface area (Å²) in [6.45, 7) is 0.352. The summed E-state index contributed by atoms with van der Waals surface area (Å²) < 4.78 is 12.1. The van der Waals surface area contributed by atoms with Crippen LogP contribution in [-0.4, -0.2) is 30.4 Å². The zero-order valence-electron chi connectivity index (χ0n) is 10.2. The summed E-state index contributed by atoms with van der Waals surface area (Å²) in [5, 5.41) is 2.40.